The van der Waals surface area contributed by atoms with Crippen LogP contribution in [-0.4, -0.2) is 66.2 Å². The standard InChI is InChI=1S/C26H29FN4O5/c1-16(32)30-23-10-18-19(12-28-21(18)13-29-23)20-11-22(35-14-25(27)3-7-33-8-4-25)17-2-6-36-26(24(17)31-20)5-9-34-15-26/h10-13,28H,2-9,14-15H2,1H3,(H,29,30,32). The average molecular weight is 497 g/mol. The number of alkyl halides is 1. The molecule has 2 N–H and O–H groups in total. The molecule has 0 bridgehead atoms. The van der Waals surface area contributed by atoms with Gasteiger partial charge in [0, 0.05) is 81.2 Å². The van der Waals surface area contributed by atoms with Crippen LogP contribution in [0.4, 0.5) is 10.2 Å². The summed E-state index contributed by atoms with van der Waals surface area (Å²) in [5, 5.41) is 3.58. The van der Waals surface area contributed by atoms with Crippen LogP contribution in [0.25, 0.3) is 22.2 Å². The van der Waals surface area contributed by atoms with Gasteiger partial charge in [-0.1, -0.05) is 0 Å². The van der Waals surface area contributed by atoms with E-state index >= 15 is 4.39 Å². The molecule has 3 aliphatic heterocycles. The maximum Gasteiger partial charge on any atom is 0.222 e. The molecule has 36 heavy (non-hydrogen) atoms. The van der Waals surface area contributed by atoms with Crippen molar-refractivity contribution in [2.45, 2.75) is 43.9 Å². The first-order chi connectivity index (χ1) is 17.4. The maximum absolute atomic E-state index is 15.4. The van der Waals surface area contributed by atoms with Crippen molar-refractivity contribution >= 4 is 22.6 Å². The second-order valence-corrected chi connectivity index (χ2v) is 9.78. The Morgan fingerprint density at radius 3 is 2.81 bits per heavy atom. The molecule has 6 rings (SSSR count). The van der Waals surface area contributed by atoms with Crippen molar-refractivity contribution in [3.63, 3.8) is 0 Å². The van der Waals surface area contributed by atoms with Gasteiger partial charge in [-0.05, 0) is 6.07 Å². The van der Waals surface area contributed by atoms with E-state index in [1.54, 1.807) is 6.20 Å². The first-order valence-electron chi connectivity index (χ1n) is 12.4. The van der Waals surface area contributed by atoms with Gasteiger partial charge in [-0.2, -0.15) is 0 Å². The molecule has 1 unspecified atom stereocenters. The lowest BCUT2D eigenvalue weighted by Crippen LogP contribution is -2.39. The number of hydrogen-bond acceptors (Lipinski definition) is 7. The highest BCUT2D eigenvalue weighted by molar-refractivity contribution is 5.97. The molecule has 2 fully saturated rings. The molecule has 1 spiro atoms. The number of nitrogens with one attached hydrogen (secondary N) is 2. The minimum absolute atomic E-state index is 0.0406. The molecule has 0 aromatic carbocycles. The molecule has 1 amide bonds. The Morgan fingerprint density at radius 1 is 1.19 bits per heavy atom. The summed E-state index contributed by atoms with van der Waals surface area (Å²) in [6, 6.07) is 3.70. The molecule has 0 saturated carbocycles. The summed E-state index contributed by atoms with van der Waals surface area (Å²) >= 11 is 0. The van der Waals surface area contributed by atoms with Crippen LogP contribution in [0.2, 0.25) is 0 Å². The summed E-state index contributed by atoms with van der Waals surface area (Å²) in [6.45, 7) is 3.74. The van der Waals surface area contributed by atoms with Gasteiger partial charge in [-0.25, -0.2) is 14.4 Å². The van der Waals surface area contributed by atoms with Gasteiger partial charge in [-0.3, -0.25) is 4.79 Å². The molecule has 0 radical (unpaired) electrons. The molecule has 9 nitrogen and oxygen atoms in total. The Kier molecular flexibility index (Phi) is 5.89. The molecule has 3 aliphatic rings. The quantitative estimate of drug-likeness (QED) is 0.555. The van der Waals surface area contributed by atoms with Gasteiger partial charge in [0.05, 0.1) is 36.3 Å². The van der Waals surface area contributed by atoms with Crippen molar-refractivity contribution in [1.29, 1.82) is 0 Å². The third-order valence-corrected chi connectivity index (χ3v) is 7.25. The van der Waals surface area contributed by atoms with E-state index in [0.717, 1.165) is 27.7 Å². The summed E-state index contributed by atoms with van der Waals surface area (Å²) < 4.78 is 38.9. The molecule has 190 valence electrons. The summed E-state index contributed by atoms with van der Waals surface area (Å²) in [5.74, 6) is 0.877. The number of H-pyrrole nitrogens is 1. The molecule has 1 atom stereocenters. The highest BCUT2D eigenvalue weighted by Gasteiger charge is 2.45. The Balaban J connectivity index is 1.44. The first-order valence-corrected chi connectivity index (χ1v) is 12.4. The molecule has 0 aliphatic carbocycles. The summed E-state index contributed by atoms with van der Waals surface area (Å²) in [5.41, 5.74) is 1.99. The summed E-state index contributed by atoms with van der Waals surface area (Å²) in [7, 11) is 0. The van der Waals surface area contributed by atoms with E-state index in [1.165, 1.54) is 6.92 Å². The number of carbonyl (C=O) groups is 1. The lowest BCUT2D eigenvalue weighted by atomic mass is 9.89. The number of nitrogens with zero attached hydrogens (tertiary/aromatic N) is 2. The Hall–Kier alpha value is -3.08. The molecule has 2 saturated heterocycles. The van der Waals surface area contributed by atoms with Crippen molar-refractivity contribution in [3.05, 3.63) is 35.8 Å². The number of aromatic amines is 1. The minimum Gasteiger partial charge on any atom is -0.490 e. The van der Waals surface area contributed by atoms with Crippen molar-refractivity contribution in [2.24, 2.45) is 0 Å². The Labute approximate surface area is 207 Å². The van der Waals surface area contributed by atoms with E-state index in [-0.39, 0.29) is 12.5 Å². The summed E-state index contributed by atoms with van der Waals surface area (Å²) in [4.78, 5) is 24.2. The normalized spacial score (nSPS) is 23.1. The maximum atomic E-state index is 15.4. The largest absolute Gasteiger partial charge is 0.490 e. The third kappa shape index (κ3) is 4.23. The van der Waals surface area contributed by atoms with Gasteiger partial charge in [0.1, 0.15) is 29.4 Å². The SMILES string of the molecule is CC(=O)Nc1cc2c(-c3cc(OCC4(F)CCOCC4)c4c(n3)C3(CCOC3)OCC4)c[nH]c2cn1. The van der Waals surface area contributed by atoms with Crippen molar-refractivity contribution in [2.75, 3.05) is 45.0 Å². The van der Waals surface area contributed by atoms with Crippen LogP contribution < -0.4 is 10.1 Å². The van der Waals surface area contributed by atoms with Gasteiger partial charge in [0.2, 0.25) is 5.91 Å². The van der Waals surface area contributed by atoms with Crippen LogP contribution in [-0.2, 0) is 31.0 Å². The zero-order chi connectivity index (χ0) is 24.8. The Bertz CT molecular complexity index is 1300. The lowest BCUT2D eigenvalue weighted by molar-refractivity contribution is -0.114. The van der Waals surface area contributed by atoms with Crippen LogP contribution in [0, 0.1) is 0 Å². The van der Waals surface area contributed by atoms with E-state index in [0.29, 0.717) is 76.0 Å². The average Bonchev–Trinajstić information content (AvgIpc) is 3.51. The van der Waals surface area contributed by atoms with Gasteiger partial charge >= 0.3 is 0 Å². The molecular weight excluding hydrogens is 467 g/mol. The number of ether oxygens (including phenoxy) is 4. The van der Waals surface area contributed by atoms with Crippen LogP contribution in [0.5, 0.6) is 5.75 Å². The smallest absolute Gasteiger partial charge is 0.222 e. The predicted molar refractivity (Wildman–Crippen MR) is 130 cm³/mol. The fraction of sp³-hybridized carbons (Fsp3) is 0.500. The molecular formula is C26H29FN4O5. The number of carbonyl (C=O) groups excluding carboxylic acids is 1. The van der Waals surface area contributed by atoms with Crippen LogP contribution in [0.1, 0.15) is 37.4 Å². The number of halogens is 1. The lowest BCUT2D eigenvalue weighted by Gasteiger charge is -2.35. The van der Waals surface area contributed by atoms with E-state index in [4.69, 9.17) is 23.9 Å². The fourth-order valence-corrected chi connectivity index (χ4v) is 5.27. The minimum atomic E-state index is -1.42. The van der Waals surface area contributed by atoms with Crippen molar-refractivity contribution < 1.29 is 28.1 Å². The van der Waals surface area contributed by atoms with Crippen LogP contribution >= 0.6 is 0 Å². The molecule has 3 aromatic heterocycles. The number of amides is 1. The number of fused-ring (bicyclic) bond motifs is 3. The highest BCUT2D eigenvalue weighted by atomic mass is 19.1. The number of hydrogen-bond donors (Lipinski definition) is 2. The summed E-state index contributed by atoms with van der Waals surface area (Å²) in [6.07, 6.45) is 5.49. The van der Waals surface area contributed by atoms with E-state index < -0.39 is 11.3 Å². The molecule has 10 heteroatoms. The van der Waals surface area contributed by atoms with Crippen molar-refractivity contribution in [3.8, 4) is 17.0 Å². The molecule has 6 heterocycles. The predicted octanol–water partition coefficient (Wildman–Crippen LogP) is 3.67. The van der Waals surface area contributed by atoms with Gasteiger partial charge < -0.3 is 29.2 Å². The zero-order valence-electron chi connectivity index (χ0n) is 20.2. The van der Waals surface area contributed by atoms with E-state index in [2.05, 4.69) is 15.3 Å². The van der Waals surface area contributed by atoms with Gasteiger partial charge in [0.15, 0.2) is 0 Å². The number of rotatable bonds is 5. The third-order valence-electron chi connectivity index (χ3n) is 7.25. The second-order valence-electron chi connectivity index (χ2n) is 9.78. The van der Waals surface area contributed by atoms with Gasteiger partial charge in [0.25, 0.3) is 0 Å². The number of anilines is 1. The van der Waals surface area contributed by atoms with E-state index in [1.807, 2.05) is 18.3 Å². The van der Waals surface area contributed by atoms with Crippen LogP contribution in [0.3, 0.4) is 0 Å². The zero-order valence-corrected chi connectivity index (χ0v) is 20.2. The fourth-order valence-electron chi connectivity index (χ4n) is 5.27. The second kappa shape index (κ2) is 9.10. The highest BCUT2D eigenvalue weighted by Crippen LogP contribution is 2.44. The van der Waals surface area contributed by atoms with Crippen molar-refractivity contribution in [1.82, 2.24) is 15.0 Å². The van der Waals surface area contributed by atoms with E-state index in [9.17, 15) is 4.79 Å². The first kappa shape index (κ1) is 23.3. The van der Waals surface area contributed by atoms with Crippen LogP contribution in [0.15, 0.2) is 24.5 Å². The molecule has 3 aromatic rings. The number of aromatic nitrogens is 3. The number of pyridine rings is 2. The van der Waals surface area contributed by atoms with Gasteiger partial charge in [-0.15, -0.1) is 0 Å². The Morgan fingerprint density at radius 2 is 2.03 bits per heavy atom. The monoisotopic (exact) mass is 496 g/mol. The topological polar surface area (TPSA) is 108 Å².